The molecule has 8 heteroatoms. The van der Waals surface area contributed by atoms with Gasteiger partial charge in [-0.1, -0.05) is 215 Å². The molecule has 350 valence electrons. The molecule has 1 aliphatic heterocycles. The van der Waals surface area contributed by atoms with Crippen LogP contribution in [0, 0.1) is 11.8 Å². The first-order valence-corrected chi connectivity index (χ1v) is 28.2. The summed E-state index contributed by atoms with van der Waals surface area (Å²) in [6, 6.07) is 42.5. The lowest BCUT2D eigenvalue weighted by molar-refractivity contribution is -0.168. The Morgan fingerprint density at radius 1 is 0.609 bits per heavy atom. The fraction of sp³-hybridized carbons (Fsp3) is 0.536. The second kappa shape index (κ2) is 24.0. The van der Waals surface area contributed by atoms with Crippen LogP contribution in [0.1, 0.15) is 126 Å². The molecule has 64 heavy (non-hydrogen) atoms. The van der Waals surface area contributed by atoms with Gasteiger partial charge in [-0.05, 0) is 62.4 Å². The van der Waals surface area contributed by atoms with Crippen molar-refractivity contribution in [2.75, 3.05) is 33.0 Å². The predicted molar refractivity (Wildman–Crippen MR) is 272 cm³/mol. The van der Waals surface area contributed by atoms with Gasteiger partial charge in [-0.2, -0.15) is 0 Å². The molecule has 0 bridgehead atoms. The summed E-state index contributed by atoms with van der Waals surface area (Å²) in [7, 11) is -5.93. The number of ether oxygens (including phenoxy) is 2. The Morgan fingerprint density at radius 3 is 1.45 bits per heavy atom. The molecule has 4 aromatic rings. The number of hydrogen-bond acceptors (Lipinski definition) is 6. The van der Waals surface area contributed by atoms with E-state index in [4.69, 9.17) is 18.3 Å². The Morgan fingerprint density at radius 2 is 1.03 bits per heavy atom. The van der Waals surface area contributed by atoms with Crippen LogP contribution in [0.15, 0.2) is 133 Å². The fourth-order valence-corrected chi connectivity index (χ4v) is 19.2. The van der Waals surface area contributed by atoms with E-state index in [2.05, 4.69) is 171 Å². The molecule has 0 unspecified atom stereocenters. The van der Waals surface area contributed by atoms with Crippen LogP contribution < -0.4 is 20.7 Å². The number of aliphatic hydroxyl groups excluding tert-OH is 1. The molecule has 2 N–H and O–H groups in total. The first-order chi connectivity index (χ1) is 30.6. The number of aliphatic hydroxyl groups is 2. The summed E-state index contributed by atoms with van der Waals surface area (Å²) in [6.45, 7) is 19.7. The minimum atomic E-state index is -3.03. The van der Waals surface area contributed by atoms with Crippen molar-refractivity contribution in [3.05, 3.63) is 133 Å². The monoisotopic (exact) mass is 907 g/mol. The van der Waals surface area contributed by atoms with E-state index in [1.54, 1.807) is 0 Å². The van der Waals surface area contributed by atoms with Crippen molar-refractivity contribution in [3.63, 3.8) is 0 Å². The second-order valence-corrected chi connectivity index (χ2v) is 29.3. The van der Waals surface area contributed by atoms with Crippen LogP contribution in [0.2, 0.25) is 10.1 Å². The first kappa shape index (κ1) is 51.8. The van der Waals surface area contributed by atoms with Crippen molar-refractivity contribution >= 4 is 37.4 Å². The van der Waals surface area contributed by atoms with Gasteiger partial charge in [0.1, 0.15) is 0 Å². The van der Waals surface area contributed by atoms with Gasteiger partial charge in [0.05, 0.1) is 32.0 Å². The van der Waals surface area contributed by atoms with Gasteiger partial charge in [0.15, 0.2) is 5.79 Å². The maximum Gasteiger partial charge on any atom is 0.261 e. The van der Waals surface area contributed by atoms with Crippen molar-refractivity contribution in [3.8, 4) is 0 Å². The maximum atomic E-state index is 13.2. The lowest BCUT2D eigenvalue weighted by Gasteiger charge is -2.46. The smallest absolute Gasteiger partial charge is 0.261 e. The Labute approximate surface area is 390 Å². The number of hydrogen-bond donors (Lipinski definition) is 2. The van der Waals surface area contributed by atoms with E-state index in [0.29, 0.717) is 19.8 Å². The molecule has 1 saturated heterocycles. The van der Waals surface area contributed by atoms with Crippen molar-refractivity contribution in [1.82, 2.24) is 0 Å². The van der Waals surface area contributed by atoms with Gasteiger partial charge < -0.3 is 28.5 Å². The van der Waals surface area contributed by atoms with Crippen molar-refractivity contribution in [2.24, 2.45) is 11.8 Å². The molecule has 2 atom stereocenters. The third-order valence-electron chi connectivity index (χ3n) is 13.6. The van der Waals surface area contributed by atoms with Crippen LogP contribution >= 0.6 is 0 Å². The van der Waals surface area contributed by atoms with Crippen molar-refractivity contribution < 1.29 is 28.5 Å². The molecule has 0 amide bonds. The van der Waals surface area contributed by atoms with E-state index in [-0.39, 0.29) is 29.7 Å². The largest absolute Gasteiger partial charge is 0.407 e. The molecule has 1 aliphatic rings. The molecular formula is C56H82O6Si2. The average Bonchev–Trinajstić information content (AvgIpc) is 3.75. The van der Waals surface area contributed by atoms with Crippen LogP contribution in [-0.2, 0) is 18.3 Å². The molecule has 4 aromatic carbocycles. The quantitative estimate of drug-likeness (QED) is 0.0371. The molecule has 0 radical (unpaired) electrons. The Balaban J connectivity index is 1.38. The van der Waals surface area contributed by atoms with Crippen molar-refractivity contribution in [1.29, 1.82) is 0 Å². The van der Waals surface area contributed by atoms with Gasteiger partial charge >= 0.3 is 0 Å². The molecule has 0 spiro atoms. The summed E-state index contributed by atoms with van der Waals surface area (Å²) in [5.74, 6) is -0.235. The highest BCUT2D eigenvalue weighted by Crippen LogP contribution is 2.40. The van der Waals surface area contributed by atoms with E-state index in [1.807, 2.05) is 18.2 Å². The molecular weight excluding hydrogens is 825 g/mol. The second-order valence-electron chi connectivity index (χ2n) is 20.7. The Kier molecular flexibility index (Phi) is 19.4. The molecule has 1 heterocycles. The van der Waals surface area contributed by atoms with Crippen LogP contribution in [0.3, 0.4) is 0 Å². The van der Waals surface area contributed by atoms with Gasteiger partial charge in [-0.3, -0.25) is 0 Å². The number of allylic oxidation sites excluding steroid dienone is 1. The highest BCUT2D eigenvalue weighted by atomic mass is 28.4. The zero-order valence-corrected chi connectivity index (χ0v) is 42.7. The number of unbranched alkanes of at least 4 members (excludes halogenated alkanes) is 5. The fourth-order valence-electron chi connectivity index (χ4n) is 10.0. The normalized spacial score (nSPS) is 16.4. The zero-order valence-electron chi connectivity index (χ0n) is 40.7. The summed E-state index contributed by atoms with van der Waals surface area (Å²) in [6.07, 6.45) is 15.3. The van der Waals surface area contributed by atoms with E-state index in [1.165, 1.54) is 23.2 Å². The minimum Gasteiger partial charge on any atom is -0.407 e. The molecule has 0 aliphatic carbocycles. The molecule has 0 saturated carbocycles. The summed E-state index contributed by atoms with van der Waals surface area (Å²) >= 11 is 0. The van der Waals surface area contributed by atoms with Crippen LogP contribution in [-0.4, -0.2) is 71.3 Å². The lowest BCUT2D eigenvalue weighted by Crippen LogP contribution is -2.68. The van der Waals surface area contributed by atoms with Crippen LogP contribution in [0.5, 0.6) is 0 Å². The molecule has 5 rings (SSSR count). The molecule has 1 fully saturated rings. The van der Waals surface area contributed by atoms with Gasteiger partial charge in [0.25, 0.3) is 16.6 Å². The topological polar surface area (TPSA) is 77.4 Å². The summed E-state index contributed by atoms with van der Waals surface area (Å²) in [5.41, 5.74) is -1.44. The van der Waals surface area contributed by atoms with E-state index in [0.717, 1.165) is 67.7 Å². The third kappa shape index (κ3) is 13.0. The number of rotatable bonds is 26. The highest BCUT2D eigenvalue weighted by molar-refractivity contribution is 7.00. The van der Waals surface area contributed by atoms with Crippen molar-refractivity contribution in [2.45, 2.75) is 147 Å². The minimum absolute atomic E-state index is 0.0450. The SMILES string of the molecule is CC(C)CCCCC1(CCCCCC/C=C/[C@H](CO)[C@@](O)(CCO[Si](c2ccccc2)(c2ccccc2)C(C)(C)C)CO[Si](c2ccccc2)(c2ccccc2)C(C)(C)C)OCCO1. The zero-order chi connectivity index (χ0) is 46.2. The first-order valence-electron chi connectivity index (χ1n) is 24.4. The predicted octanol–water partition coefficient (Wildman–Crippen LogP) is 10.7. The summed E-state index contributed by atoms with van der Waals surface area (Å²) in [5, 5.41) is 28.6. The third-order valence-corrected chi connectivity index (χ3v) is 23.6. The lowest BCUT2D eigenvalue weighted by atomic mass is 9.85. The van der Waals surface area contributed by atoms with Gasteiger partial charge in [0.2, 0.25) is 0 Å². The summed E-state index contributed by atoms with van der Waals surface area (Å²) < 4.78 is 27.2. The Bertz CT molecular complexity index is 1840. The van der Waals surface area contributed by atoms with Gasteiger partial charge in [-0.25, -0.2) is 0 Å². The maximum absolute atomic E-state index is 13.2. The van der Waals surface area contributed by atoms with Crippen LogP contribution in [0.25, 0.3) is 0 Å². The van der Waals surface area contributed by atoms with E-state index < -0.39 is 33.9 Å². The standard InChI is InChI=1S/C56H82O6Si2/c1-47(2)29-26-28-40-56(59-43-44-60-56)39-27-12-10-9-11-17-30-48(45-57)55(58,46-62-64(54(6,7)8,51-35-22-15-23-36-51)52-37-24-16-25-38-52)41-42-61-63(53(3,4)5,49-31-18-13-19-32-49)50-33-20-14-21-34-50/h13-25,30-38,47-48,57-58H,9-12,26-29,39-46H2,1-8H3/b30-17+/t48-,55-/m1/s1. The Hall–Kier alpha value is -3.19. The highest BCUT2D eigenvalue weighted by Gasteiger charge is 2.53. The summed E-state index contributed by atoms with van der Waals surface area (Å²) in [4.78, 5) is 0. The molecule has 6 nitrogen and oxygen atoms in total. The van der Waals surface area contributed by atoms with E-state index in [9.17, 15) is 10.2 Å². The van der Waals surface area contributed by atoms with Gasteiger partial charge in [0, 0.05) is 31.8 Å². The molecule has 0 aromatic heterocycles. The van der Waals surface area contributed by atoms with Crippen LogP contribution in [0.4, 0.5) is 0 Å². The number of benzene rings is 4. The van der Waals surface area contributed by atoms with Gasteiger partial charge in [-0.15, -0.1) is 0 Å². The average molecular weight is 907 g/mol. The van der Waals surface area contributed by atoms with E-state index >= 15 is 0 Å².